The number of nitrogens with one attached hydrogen (secondary N) is 1. The van der Waals surface area contributed by atoms with Gasteiger partial charge in [0.1, 0.15) is 0 Å². The molecule has 146 valence electrons. The maximum atomic E-state index is 13.4. The van der Waals surface area contributed by atoms with Crippen molar-refractivity contribution < 1.29 is 9.53 Å². The Morgan fingerprint density at radius 2 is 2.11 bits per heavy atom. The number of methoxy groups -OCH3 is 1. The van der Waals surface area contributed by atoms with Crippen molar-refractivity contribution in [1.29, 1.82) is 0 Å². The van der Waals surface area contributed by atoms with E-state index in [-0.39, 0.29) is 18.3 Å². The Balaban J connectivity index is 0.00000210. The van der Waals surface area contributed by atoms with Gasteiger partial charge in [-0.15, -0.1) is 12.4 Å². The Labute approximate surface area is 171 Å². The van der Waals surface area contributed by atoms with Crippen molar-refractivity contribution in [2.24, 2.45) is 5.41 Å². The fraction of sp³-hybridized carbons (Fsp3) is 0.476. The maximum Gasteiger partial charge on any atom is 0.254 e. The third-order valence-corrected chi connectivity index (χ3v) is 6.53. The van der Waals surface area contributed by atoms with Crippen LogP contribution in [0.2, 0.25) is 0 Å². The van der Waals surface area contributed by atoms with E-state index in [2.05, 4.69) is 27.0 Å². The van der Waals surface area contributed by atoms with Crippen LogP contribution in [-0.2, 0) is 17.9 Å². The third-order valence-electron chi connectivity index (χ3n) is 5.80. The highest BCUT2D eigenvalue weighted by Gasteiger charge is 2.57. The molecule has 2 aliphatic rings. The molecule has 2 aromatic rings. The number of hydrogen-bond acceptors (Lipinski definition) is 4. The van der Waals surface area contributed by atoms with Crippen LogP contribution in [0, 0.1) is 5.41 Å². The molecule has 27 heavy (non-hydrogen) atoms. The van der Waals surface area contributed by atoms with Gasteiger partial charge in [-0.2, -0.15) is 11.3 Å². The van der Waals surface area contributed by atoms with Gasteiger partial charge >= 0.3 is 0 Å². The van der Waals surface area contributed by atoms with Crippen LogP contribution in [0.5, 0.6) is 0 Å². The number of hydrogen-bond donors (Lipinski definition) is 1. The molecule has 0 bridgehead atoms. The van der Waals surface area contributed by atoms with Crippen molar-refractivity contribution in [1.82, 2.24) is 10.2 Å². The molecule has 2 fully saturated rings. The fourth-order valence-electron chi connectivity index (χ4n) is 4.26. The zero-order valence-electron chi connectivity index (χ0n) is 15.6. The van der Waals surface area contributed by atoms with Crippen LogP contribution >= 0.6 is 23.7 Å². The van der Waals surface area contributed by atoms with Gasteiger partial charge in [0, 0.05) is 25.3 Å². The maximum absolute atomic E-state index is 13.4. The average Bonchev–Trinajstić information content (AvgIpc) is 3.09. The average molecular weight is 407 g/mol. The molecular weight excluding hydrogens is 380 g/mol. The van der Waals surface area contributed by atoms with E-state index in [0.29, 0.717) is 24.6 Å². The second-order valence-corrected chi connectivity index (χ2v) is 8.31. The lowest BCUT2D eigenvalue weighted by Gasteiger charge is -2.29. The zero-order valence-corrected chi connectivity index (χ0v) is 17.3. The van der Waals surface area contributed by atoms with Crippen molar-refractivity contribution in [2.45, 2.75) is 38.5 Å². The fourth-order valence-corrected chi connectivity index (χ4v) is 4.92. The van der Waals surface area contributed by atoms with Gasteiger partial charge in [0.25, 0.3) is 5.91 Å². The molecule has 1 N–H and O–H groups in total. The van der Waals surface area contributed by atoms with Gasteiger partial charge in [0.15, 0.2) is 0 Å². The number of ether oxygens (including phenoxy) is 1. The second kappa shape index (κ2) is 8.74. The lowest BCUT2D eigenvalue weighted by atomic mass is 9.93. The van der Waals surface area contributed by atoms with Crippen LogP contribution in [0.4, 0.5) is 0 Å². The number of piperidine rings is 1. The minimum absolute atomic E-state index is 0. The van der Waals surface area contributed by atoms with Crippen molar-refractivity contribution in [3.05, 3.63) is 57.8 Å². The largest absolute Gasteiger partial charge is 0.380 e. The van der Waals surface area contributed by atoms with Gasteiger partial charge in [-0.3, -0.25) is 4.79 Å². The molecule has 1 atom stereocenters. The third kappa shape index (κ3) is 4.37. The van der Waals surface area contributed by atoms with Gasteiger partial charge in [-0.05, 0) is 77.9 Å². The van der Waals surface area contributed by atoms with Crippen LogP contribution < -0.4 is 5.32 Å². The molecule has 0 radical (unpaired) electrons. The summed E-state index contributed by atoms with van der Waals surface area (Å²) in [5.41, 5.74) is 3.38. The Morgan fingerprint density at radius 1 is 1.30 bits per heavy atom. The van der Waals surface area contributed by atoms with Crippen molar-refractivity contribution in [3.63, 3.8) is 0 Å². The number of amides is 1. The number of nitrogens with zero attached hydrogens (tertiary/aromatic N) is 1. The molecule has 2 heterocycles. The van der Waals surface area contributed by atoms with Crippen LogP contribution in [0.25, 0.3) is 0 Å². The monoisotopic (exact) mass is 406 g/mol. The molecule has 1 aromatic carbocycles. The summed E-state index contributed by atoms with van der Waals surface area (Å²) in [6, 6.07) is 10.4. The minimum atomic E-state index is 0. The van der Waals surface area contributed by atoms with Crippen LogP contribution in [-0.4, -0.2) is 37.0 Å². The van der Waals surface area contributed by atoms with Crippen LogP contribution in [0.3, 0.4) is 0 Å². The summed E-state index contributed by atoms with van der Waals surface area (Å²) < 4.78 is 5.23. The predicted octanol–water partition coefficient (Wildman–Crippen LogP) is 4.10. The SMILES string of the molecule is COCc1cccc(C(=O)N(Cc2ccsc2)C2CC23CCNCC3)c1.Cl. The Morgan fingerprint density at radius 3 is 2.81 bits per heavy atom. The zero-order chi connectivity index (χ0) is 18.0. The normalized spacial score (nSPS) is 20.1. The smallest absolute Gasteiger partial charge is 0.254 e. The lowest BCUT2D eigenvalue weighted by molar-refractivity contribution is 0.0692. The summed E-state index contributed by atoms with van der Waals surface area (Å²) in [4.78, 5) is 15.5. The molecule has 4 rings (SSSR count). The first-order chi connectivity index (χ1) is 12.7. The highest BCUT2D eigenvalue weighted by Crippen LogP contribution is 2.56. The van der Waals surface area contributed by atoms with E-state index >= 15 is 0 Å². The first-order valence-electron chi connectivity index (χ1n) is 9.32. The quantitative estimate of drug-likeness (QED) is 0.785. The van der Waals surface area contributed by atoms with Crippen molar-refractivity contribution in [3.8, 4) is 0 Å². The Bertz CT molecular complexity index is 759. The molecule has 4 nitrogen and oxygen atoms in total. The van der Waals surface area contributed by atoms with Gasteiger partial charge in [0.05, 0.1) is 6.61 Å². The van der Waals surface area contributed by atoms with E-state index in [1.807, 2.05) is 24.3 Å². The molecule has 1 amide bonds. The molecule has 1 saturated carbocycles. The van der Waals surface area contributed by atoms with Gasteiger partial charge in [0.2, 0.25) is 0 Å². The number of carbonyl (C=O) groups is 1. The van der Waals surface area contributed by atoms with E-state index in [0.717, 1.165) is 30.6 Å². The van der Waals surface area contributed by atoms with E-state index in [4.69, 9.17) is 4.74 Å². The summed E-state index contributed by atoms with van der Waals surface area (Å²) >= 11 is 1.69. The highest BCUT2D eigenvalue weighted by atomic mass is 35.5. The van der Waals surface area contributed by atoms with Crippen LogP contribution in [0.1, 0.15) is 40.7 Å². The standard InChI is InChI=1S/C21H26N2O2S.ClH/c1-25-14-16-3-2-4-18(11-16)20(24)23(13-17-5-10-26-15-17)19-12-21(19)6-8-22-9-7-21;/h2-5,10-11,15,19,22H,6-9,12-14H2,1H3;1H. The summed E-state index contributed by atoms with van der Waals surface area (Å²) in [5, 5.41) is 7.69. The number of rotatable bonds is 6. The Hall–Kier alpha value is -1.40. The van der Waals surface area contributed by atoms with E-state index in [1.54, 1.807) is 18.4 Å². The van der Waals surface area contributed by atoms with Gasteiger partial charge < -0.3 is 15.0 Å². The first-order valence-corrected chi connectivity index (χ1v) is 10.3. The lowest BCUT2D eigenvalue weighted by Crippen LogP contribution is -2.39. The molecule has 1 aliphatic carbocycles. The molecule has 1 spiro atoms. The molecule has 1 unspecified atom stereocenters. The molecular formula is C21H27ClN2O2S. The summed E-state index contributed by atoms with van der Waals surface area (Å²) in [6.07, 6.45) is 3.49. The number of benzene rings is 1. The summed E-state index contributed by atoms with van der Waals surface area (Å²) in [5.74, 6) is 0.148. The second-order valence-electron chi connectivity index (χ2n) is 7.53. The first kappa shape index (κ1) is 20.3. The topological polar surface area (TPSA) is 41.6 Å². The van der Waals surface area contributed by atoms with Gasteiger partial charge in [-0.1, -0.05) is 12.1 Å². The minimum Gasteiger partial charge on any atom is -0.380 e. The molecule has 6 heteroatoms. The van der Waals surface area contributed by atoms with Crippen molar-refractivity contribution in [2.75, 3.05) is 20.2 Å². The van der Waals surface area contributed by atoms with Crippen molar-refractivity contribution >= 4 is 29.7 Å². The van der Waals surface area contributed by atoms with Gasteiger partial charge in [-0.25, -0.2) is 0 Å². The number of halogens is 1. The highest BCUT2D eigenvalue weighted by molar-refractivity contribution is 7.07. The van der Waals surface area contributed by atoms with E-state index in [1.165, 1.54) is 18.4 Å². The summed E-state index contributed by atoms with van der Waals surface area (Å²) in [6.45, 7) is 3.38. The van der Waals surface area contributed by atoms with E-state index in [9.17, 15) is 4.79 Å². The van der Waals surface area contributed by atoms with Crippen LogP contribution in [0.15, 0.2) is 41.1 Å². The Kier molecular flexibility index (Phi) is 6.58. The predicted molar refractivity (Wildman–Crippen MR) is 112 cm³/mol. The molecule has 1 saturated heterocycles. The number of thiophene rings is 1. The number of carbonyl (C=O) groups excluding carboxylic acids is 1. The molecule has 1 aromatic heterocycles. The van der Waals surface area contributed by atoms with E-state index < -0.39 is 0 Å². The summed E-state index contributed by atoms with van der Waals surface area (Å²) in [7, 11) is 1.68. The molecule has 1 aliphatic heterocycles.